The minimum absolute atomic E-state index is 0.186. The highest BCUT2D eigenvalue weighted by molar-refractivity contribution is 5.92. The second-order valence-electron chi connectivity index (χ2n) is 6.45. The summed E-state index contributed by atoms with van der Waals surface area (Å²) in [6.45, 7) is 4.37. The number of nitrogens with zero attached hydrogens (tertiary/aromatic N) is 2. The summed E-state index contributed by atoms with van der Waals surface area (Å²) in [6, 6.07) is 6.86. The minimum atomic E-state index is -0.186. The first-order valence-electron chi connectivity index (χ1n) is 7.76. The third-order valence-electron chi connectivity index (χ3n) is 5.00. The lowest BCUT2D eigenvalue weighted by molar-refractivity contribution is 0.239. The number of fused-ring (bicyclic) bond motifs is 1. The Hall–Kier alpha value is -1.68. The summed E-state index contributed by atoms with van der Waals surface area (Å²) in [5.74, 6) is 0.823. The van der Waals surface area contributed by atoms with Gasteiger partial charge in [0.25, 0.3) is 0 Å². The molecule has 2 aliphatic rings. The highest BCUT2D eigenvalue weighted by Crippen LogP contribution is 2.39. The monoisotopic (exact) mass is 285 g/mol. The van der Waals surface area contributed by atoms with Crippen LogP contribution in [0, 0.1) is 11.2 Å². The maximum absolute atomic E-state index is 13.4. The molecule has 1 aromatic heterocycles. The van der Waals surface area contributed by atoms with Gasteiger partial charge < -0.3 is 10.2 Å². The van der Waals surface area contributed by atoms with Crippen molar-refractivity contribution in [1.29, 1.82) is 0 Å². The van der Waals surface area contributed by atoms with Gasteiger partial charge in [-0.15, -0.1) is 0 Å². The summed E-state index contributed by atoms with van der Waals surface area (Å²) in [4.78, 5) is 6.96. The molecule has 2 fully saturated rings. The molecule has 2 aliphatic heterocycles. The molecule has 3 nitrogen and oxygen atoms in total. The van der Waals surface area contributed by atoms with Gasteiger partial charge in [0.2, 0.25) is 0 Å². The molecule has 3 heterocycles. The van der Waals surface area contributed by atoms with Gasteiger partial charge in [-0.3, -0.25) is 0 Å². The van der Waals surface area contributed by atoms with Crippen LogP contribution in [0.4, 0.5) is 10.2 Å². The maximum Gasteiger partial charge on any atom is 0.136 e. The van der Waals surface area contributed by atoms with E-state index in [1.807, 2.05) is 12.1 Å². The van der Waals surface area contributed by atoms with E-state index in [1.165, 1.54) is 25.3 Å². The number of aromatic nitrogens is 1. The largest absolute Gasteiger partial charge is 0.355 e. The third kappa shape index (κ3) is 2.27. The molecule has 0 amide bonds. The first-order valence-corrected chi connectivity index (χ1v) is 7.76. The van der Waals surface area contributed by atoms with E-state index in [1.54, 1.807) is 12.3 Å². The highest BCUT2D eigenvalue weighted by Gasteiger charge is 2.39. The lowest BCUT2D eigenvalue weighted by atomic mass is 9.80. The van der Waals surface area contributed by atoms with Crippen molar-refractivity contribution in [2.75, 3.05) is 31.1 Å². The van der Waals surface area contributed by atoms with Gasteiger partial charge in [0.1, 0.15) is 11.6 Å². The Morgan fingerprint density at radius 3 is 3.05 bits per heavy atom. The lowest BCUT2D eigenvalue weighted by Crippen LogP contribution is -2.42. The maximum atomic E-state index is 13.4. The van der Waals surface area contributed by atoms with Gasteiger partial charge in [0.15, 0.2) is 0 Å². The summed E-state index contributed by atoms with van der Waals surface area (Å²) in [5, 5.41) is 5.53. The van der Waals surface area contributed by atoms with Crippen LogP contribution in [-0.2, 0) is 0 Å². The molecule has 4 heteroatoms. The Morgan fingerprint density at radius 2 is 2.19 bits per heavy atom. The normalized spacial score (nSPS) is 25.9. The van der Waals surface area contributed by atoms with Crippen LogP contribution in [0.3, 0.4) is 0 Å². The van der Waals surface area contributed by atoms with Crippen LogP contribution in [0.15, 0.2) is 30.5 Å². The van der Waals surface area contributed by atoms with Gasteiger partial charge in [-0.2, -0.15) is 0 Å². The number of hydrogen-bond donors (Lipinski definition) is 1. The molecule has 1 spiro atoms. The van der Waals surface area contributed by atoms with Gasteiger partial charge >= 0.3 is 0 Å². The highest BCUT2D eigenvalue weighted by atomic mass is 19.1. The van der Waals surface area contributed by atoms with Crippen molar-refractivity contribution in [2.24, 2.45) is 5.41 Å². The molecule has 0 unspecified atom stereocenters. The van der Waals surface area contributed by atoms with Crippen molar-refractivity contribution in [3.63, 3.8) is 0 Å². The molecule has 21 heavy (non-hydrogen) atoms. The van der Waals surface area contributed by atoms with E-state index in [0.717, 1.165) is 42.8 Å². The van der Waals surface area contributed by atoms with Crippen molar-refractivity contribution in [3.8, 4) is 0 Å². The Morgan fingerprint density at radius 1 is 1.24 bits per heavy atom. The van der Waals surface area contributed by atoms with Crippen molar-refractivity contribution in [2.45, 2.75) is 19.3 Å². The molecule has 0 saturated carbocycles. The molecular weight excluding hydrogens is 265 g/mol. The molecule has 4 rings (SSSR count). The Bertz CT molecular complexity index is 664. The Labute approximate surface area is 124 Å². The average Bonchev–Trinajstić information content (AvgIpc) is 2.90. The van der Waals surface area contributed by atoms with Crippen molar-refractivity contribution >= 4 is 16.6 Å². The number of halogens is 1. The quantitative estimate of drug-likeness (QED) is 0.873. The number of hydrogen-bond acceptors (Lipinski definition) is 3. The number of rotatable bonds is 1. The first kappa shape index (κ1) is 13.0. The second kappa shape index (κ2) is 4.95. The third-order valence-corrected chi connectivity index (χ3v) is 5.00. The average molecular weight is 285 g/mol. The molecule has 110 valence electrons. The molecule has 2 aromatic rings. The summed E-state index contributed by atoms with van der Waals surface area (Å²) in [5.41, 5.74) is 0.405. The Balaban J connectivity index is 1.68. The number of benzene rings is 1. The van der Waals surface area contributed by atoms with Crippen LogP contribution in [0.1, 0.15) is 19.3 Å². The number of anilines is 1. The molecular formula is C17H20FN3. The molecule has 1 atom stereocenters. The predicted octanol–water partition coefficient (Wildman–Crippen LogP) is 2.95. The fourth-order valence-corrected chi connectivity index (χ4v) is 3.88. The van der Waals surface area contributed by atoms with Crippen LogP contribution in [0.25, 0.3) is 10.8 Å². The van der Waals surface area contributed by atoms with Gasteiger partial charge in [0, 0.05) is 36.6 Å². The van der Waals surface area contributed by atoms with Crippen molar-refractivity contribution in [1.82, 2.24) is 10.3 Å². The van der Waals surface area contributed by atoms with Gasteiger partial charge in [-0.1, -0.05) is 0 Å². The predicted molar refractivity (Wildman–Crippen MR) is 83.1 cm³/mol. The number of pyridine rings is 1. The second-order valence-corrected chi connectivity index (χ2v) is 6.45. The van der Waals surface area contributed by atoms with E-state index in [2.05, 4.69) is 15.2 Å². The topological polar surface area (TPSA) is 28.2 Å². The fourth-order valence-electron chi connectivity index (χ4n) is 3.88. The van der Waals surface area contributed by atoms with E-state index in [0.29, 0.717) is 5.41 Å². The molecule has 2 saturated heterocycles. The summed E-state index contributed by atoms with van der Waals surface area (Å²) < 4.78 is 13.4. The van der Waals surface area contributed by atoms with Crippen LogP contribution >= 0.6 is 0 Å². The van der Waals surface area contributed by atoms with Crippen LogP contribution in [-0.4, -0.2) is 31.2 Å². The molecule has 0 aliphatic carbocycles. The Kier molecular flexibility index (Phi) is 3.07. The van der Waals surface area contributed by atoms with Gasteiger partial charge in [0.05, 0.1) is 0 Å². The summed E-state index contributed by atoms with van der Waals surface area (Å²) in [7, 11) is 0. The van der Waals surface area contributed by atoms with Crippen LogP contribution < -0.4 is 10.2 Å². The van der Waals surface area contributed by atoms with Crippen molar-refractivity contribution in [3.05, 3.63) is 36.3 Å². The van der Waals surface area contributed by atoms with Crippen LogP contribution in [0.2, 0.25) is 0 Å². The minimum Gasteiger partial charge on any atom is -0.355 e. The molecule has 0 radical (unpaired) electrons. The summed E-state index contributed by atoms with van der Waals surface area (Å²) >= 11 is 0. The van der Waals surface area contributed by atoms with Gasteiger partial charge in [-0.05, 0) is 55.5 Å². The number of piperidine rings is 1. The lowest BCUT2D eigenvalue weighted by Gasteiger charge is -2.34. The molecule has 1 aromatic carbocycles. The standard InChI is InChI=1S/C17H20FN3/c18-14-2-3-15-13(10-14)4-8-20-16(15)21-9-6-17(12-21)5-1-7-19-11-17/h2-4,8,10,19H,1,5-7,9,11-12H2/t17-/m1/s1. The SMILES string of the molecule is Fc1ccc2c(N3CC[C@@]4(CCCNC4)C3)nccc2c1. The van der Waals surface area contributed by atoms with E-state index < -0.39 is 0 Å². The molecule has 1 N–H and O–H groups in total. The smallest absolute Gasteiger partial charge is 0.136 e. The van der Waals surface area contributed by atoms with Crippen molar-refractivity contribution < 1.29 is 4.39 Å². The van der Waals surface area contributed by atoms with E-state index in [4.69, 9.17) is 0 Å². The first-order chi connectivity index (χ1) is 10.3. The molecule has 0 bridgehead atoms. The van der Waals surface area contributed by atoms with E-state index >= 15 is 0 Å². The van der Waals surface area contributed by atoms with E-state index in [-0.39, 0.29) is 5.82 Å². The zero-order valence-corrected chi connectivity index (χ0v) is 12.1. The fraction of sp³-hybridized carbons (Fsp3) is 0.471. The van der Waals surface area contributed by atoms with E-state index in [9.17, 15) is 4.39 Å². The zero-order valence-electron chi connectivity index (χ0n) is 12.1. The summed E-state index contributed by atoms with van der Waals surface area (Å²) in [6.07, 6.45) is 5.58. The zero-order chi connectivity index (χ0) is 14.3. The van der Waals surface area contributed by atoms with Gasteiger partial charge in [-0.25, -0.2) is 9.37 Å². The van der Waals surface area contributed by atoms with Crippen LogP contribution in [0.5, 0.6) is 0 Å². The number of nitrogens with one attached hydrogen (secondary N) is 1.